The first kappa shape index (κ1) is 13.5. The average molecular weight is 282 g/mol. The number of aromatic nitrogens is 5. The largest absolute Gasteiger partial charge is 0.312 e. The molecule has 3 aromatic rings. The topological polar surface area (TPSA) is 71.4 Å². The molecule has 3 aromatic heterocycles. The minimum absolute atomic E-state index is 0.792. The van der Waals surface area contributed by atoms with E-state index in [0.29, 0.717) is 0 Å². The van der Waals surface area contributed by atoms with Gasteiger partial charge in [-0.2, -0.15) is 10.2 Å². The van der Waals surface area contributed by atoms with Gasteiger partial charge in [0.1, 0.15) is 0 Å². The molecule has 0 radical (unpaired) electrons. The van der Waals surface area contributed by atoms with E-state index in [9.17, 15) is 0 Å². The van der Waals surface area contributed by atoms with Gasteiger partial charge in [-0.05, 0) is 31.2 Å². The molecule has 0 aliphatic heterocycles. The van der Waals surface area contributed by atoms with Crippen LogP contribution in [0.4, 0.5) is 0 Å². The van der Waals surface area contributed by atoms with Gasteiger partial charge in [0.25, 0.3) is 0 Å². The van der Waals surface area contributed by atoms with E-state index in [1.165, 1.54) is 0 Å². The first-order valence-electron chi connectivity index (χ1n) is 7.04. The molecule has 0 aliphatic rings. The fourth-order valence-corrected chi connectivity index (χ4v) is 2.23. The van der Waals surface area contributed by atoms with Crippen LogP contribution in [0.1, 0.15) is 12.0 Å². The standard InChI is InChI=1S/C15H18N6/c1-4-13(10-16-5-1)15-14(12-18-20-15)11-17-6-2-8-21-9-3-7-19-21/h1,3-5,7,9-10,12,17H,2,6,8,11H2,(H,18,20). The summed E-state index contributed by atoms with van der Waals surface area (Å²) in [6.45, 7) is 2.66. The Balaban J connectivity index is 1.49. The molecule has 3 heterocycles. The predicted molar refractivity (Wildman–Crippen MR) is 80.4 cm³/mol. The molecule has 6 nitrogen and oxygen atoms in total. The number of hydrogen-bond acceptors (Lipinski definition) is 4. The smallest absolute Gasteiger partial charge is 0.0710 e. The van der Waals surface area contributed by atoms with Crippen LogP contribution >= 0.6 is 0 Å². The van der Waals surface area contributed by atoms with Crippen molar-refractivity contribution in [2.75, 3.05) is 6.54 Å². The van der Waals surface area contributed by atoms with Gasteiger partial charge < -0.3 is 5.32 Å². The third-order valence-electron chi connectivity index (χ3n) is 3.28. The Morgan fingerprint density at radius 3 is 3.00 bits per heavy atom. The van der Waals surface area contributed by atoms with Crippen molar-refractivity contribution < 1.29 is 0 Å². The zero-order chi connectivity index (χ0) is 14.3. The Morgan fingerprint density at radius 2 is 2.19 bits per heavy atom. The number of nitrogens with one attached hydrogen (secondary N) is 2. The first-order valence-corrected chi connectivity index (χ1v) is 7.04. The van der Waals surface area contributed by atoms with E-state index < -0.39 is 0 Å². The second-order valence-electron chi connectivity index (χ2n) is 4.81. The lowest BCUT2D eigenvalue weighted by molar-refractivity contribution is 0.543. The molecule has 0 unspecified atom stereocenters. The molecule has 0 aromatic carbocycles. The van der Waals surface area contributed by atoms with Crippen LogP contribution in [0.5, 0.6) is 0 Å². The summed E-state index contributed by atoms with van der Waals surface area (Å²) in [7, 11) is 0. The van der Waals surface area contributed by atoms with Crippen LogP contribution in [0.2, 0.25) is 0 Å². The number of pyridine rings is 1. The van der Waals surface area contributed by atoms with Crippen LogP contribution in [0, 0.1) is 0 Å². The highest BCUT2D eigenvalue weighted by Gasteiger charge is 2.06. The van der Waals surface area contributed by atoms with Gasteiger partial charge >= 0.3 is 0 Å². The van der Waals surface area contributed by atoms with Crippen LogP contribution < -0.4 is 5.32 Å². The maximum Gasteiger partial charge on any atom is 0.0710 e. The molecule has 0 aliphatic carbocycles. The minimum Gasteiger partial charge on any atom is -0.312 e. The summed E-state index contributed by atoms with van der Waals surface area (Å²) in [4.78, 5) is 4.14. The summed E-state index contributed by atoms with van der Waals surface area (Å²) in [5.41, 5.74) is 3.24. The van der Waals surface area contributed by atoms with Crippen LogP contribution in [0.25, 0.3) is 11.3 Å². The van der Waals surface area contributed by atoms with Crippen molar-refractivity contribution in [1.82, 2.24) is 30.3 Å². The maximum absolute atomic E-state index is 4.18. The normalized spacial score (nSPS) is 10.9. The van der Waals surface area contributed by atoms with Gasteiger partial charge in [-0.25, -0.2) is 0 Å². The summed E-state index contributed by atoms with van der Waals surface area (Å²) in [5, 5.41) is 14.8. The fraction of sp³-hybridized carbons (Fsp3) is 0.267. The fourth-order valence-electron chi connectivity index (χ4n) is 2.23. The first-order chi connectivity index (χ1) is 10.4. The Bertz CT molecular complexity index is 644. The number of aryl methyl sites for hydroxylation is 1. The van der Waals surface area contributed by atoms with Crippen molar-refractivity contribution in [1.29, 1.82) is 0 Å². The number of hydrogen-bond donors (Lipinski definition) is 2. The Morgan fingerprint density at radius 1 is 1.19 bits per heavy atom. The predicted octanol–water partition coefficient (Wildman–Crippen LogP) is 1.85. The van der Waals surface area contributed by atoms with Crippen LogP contribution in [0.3, 0.4) is 0 Å². The zero-order valence-corrected chi connectivity index (χ0v) is 11.7. The number of rotatable bonds is 7. The number of aromatic amines is 1. The van der Waals surface area contributed by atoms with E-state index in [-0.39, 0.29) is 0 Å². The highest BCUT2D eigenvalue weighted by atomic mass is 15.3. The van der Waals surface area contributed by atoms with Gasteiger partial charge in [-0.1, -0.05) is 0 Å². The molecule has 0 saturated heterocycles. The van der Waals surface area contributed by atoms with Crippen LogP contribution in [0.15, 0.2) is 49.2 Å². The molecule has 0 spiro atoms. The lowest BCUT2D eigenvalue weighted by Crippen LogP contribution is -2.16. The molecule has 0 bridgehead atoms. The third kappa shape index (κ3) is 3.55. The van der Waals surface area contributed by atoms with Crippen molar-refractivity contribution >= 4 is 0 Å². The van der Waals surface area contributed by atoms with E-state index in [0.717, 1.165) is 42.9 Å². The highest BCUT2D eigenvalue weighted by Crippen LogP contribution is 2.19. The molecule has 21 heavy (non-hydrogen) atoms. The molecular formula is C15H18N6. The lowest BCUT2D eigenvalue weighted by atomic mass is 10.1. The Kier molecular flexibility index (Phi) is 4.38. The van der Waals surface area contributed by atoms with Crippen molar-refractivity contribution in [3.05, 3.63) is 54.7 Å². The van der Waals surface area contributed by atoms with E-state index >= 15 is 0 Å². The zero-order valence-electron chi connectivity index (χ0n) is 11.7. The van der Waals surface area contributed by atoms with Gasteiger partial charge in [0.2, 0.25) is 0 Å². The third-order valence-corrected chi connectivity index (χ3v) is 3.28. The van der Waals surface area contributed by atoms with E-state index in [2.05, 4.69) is 25.6 Å². The molecular weight excluding hydrogens is 264 g/mol. The highest BCUT2D eigenvalue weighted by molar-refractivity contribution is 5.61. The molecule has 3 rings (SSSR count). The summed E-state index contributed by atoms with van der Waals surface area (Å²) in [6.07, 6.45) is 10.3. The minimum atomic E-state index is 0.792. The quantitative estimate of drug-likeness (QED) is 0.649. The lowest BCUT2D eigenvalue weighted by Gasteiger charge is -2.06. The van der Waals surface area contributed by atoms with E-state index in [1.54, 1.807) is 12.4 Å². The van der Waals surface area contributed by atoms with Gasteiger partial charge in [-0.3, -0.25) is 14.8 Å². The summed E-state index contributed by atoms with van der Waals surface area (Å²) >= 11 is 0. The molecule has 2 N–H and O–H groups in total. The van der Waals surface area contributed by atoms with Crippen molar-refractivity contribution in [3.8, 4) is 11.3 Å². The average Bonchev–Trinajstić information content (AvgIpc) is 3.19. The number of nitrogens with zero attached hydrogens (tertiary/aromatic N) is 4. The van der Waals surface area contributed by atoms with Crippen molar-refractivity contribution in [2.45, 2.75) is 19.5 Å². The van der Waals surface area contributed by atoms with Gasteiger partial charge in [0, 0.05) is 49.0 Å². The van der Waals surface area contributed by atoms with Crippen LogP contribution in [-0.2, 0) is 13.1 Å². The maximum atomic E-state index is 4.18. The second kappa shape index (κ2) is 6.81. The molecule has 0 amide bonds. The Hall–Kier alpha value is -2.47. The van der Waals surface area contributed by atoms with Gasteiger partial charge in [-0.15, -0.1) is 0 Å². The monoisotopic (exact) mass is 282 g/mol. The van der Waals surface area contributed by atoms with Gasteiger partial charge in [0.15, 0.2) is 0 Å². The summed E-state index contributed by atoms with van der Waals surface area (Å²) in [5.74, 6) is 0. The molecule has 0 fully saturated rings. The molecule has 0 atom stereocenters. The Labute approximate surface area is 123 Å². The van der Waals surface area contributed by atoms with E-state index in [4.69, 9.17) is 0 Å². The molecule has 108 valence electrons. The van der Waals surface area contributed by atoms with Crippen LogP contribution in [-0.4, -0.2) is 31.5 Å². The van der Waals surface area contributed by atoms with Crippen molar-refractivity contribution in [3.63, 3.8) is 0 Å². The van der Waals surface area contributed by atoms with E-state index in [1.807, 2.05) is 41.5 Å². The van der Waals surface area contributed by atoms with Gasteiger partial charge in [0.05, 0.1) is 11.9 Å². The molecule has 0 saturated carbocycles. The second-order valence-corrected chi connectivity index (χ2v) is 4.81. The summed E-state index contributed by atoms with van der Waals surface area (Å²) < 4.78 is 1.95. The number of H-pyrrole nitrogens is 1. The summed E-state index contributed by atoms with van der Waals surface area (Å²) in [6, 6.07) is 5.90. The SMILES string of the molecule is c1cncc(-c2[nH]ncc2CNCCCn2cccn2)c1. The van der Waals surface area contributed by atoms with Crippen molar-refractivity contribution in [2.24, 2.45) is 0 Å². The molecule has 6 heteroatoms.